The van der Waals surface area contributed by atoms with Gasteiger partial charge in [0.05, 0.1) is 0 Å². The van der Waals surface area contributed by atoms with Gasteiger partial charge in [0.15, 0.2) is 0 Å². The van der Waals surface area contributed by atoms with E-state index in [1.807, 2.05) is 0 Å². The summed E-state index contributed by atoms with van der Waals surface area (Å²) in [5.74, 6) is -0.622. The van der Waals surface area contributed by atoms with Crippen LogP contribution in [-0.4, -0.2) is 29.0 Å². The summed E-state index contributed by atoms with van der Waals surface area (Å²) in [4.78, 5) is -0.494. The summed E-state index contributed by atoms with van der Waals surface area (Å²) in [6, 6.07) is 9.67. The number of tetrazole rings is 1. The summed E-state index contributed by atoms with van der Waals surface area (Å²) in [7, 11) is -4.09. The number of benzene rings is 2. The zero-order valence-electron chi connectivity index (χ0n) is 11.4. The highest BCUT2D eigenvalue weighted by molar-refractivity contribution is 7.92. The number of hydrogen-bond acceptors (Lipinski definition) is 5. The molecule has 0 fully saturated rings. The van der Waals surface area contributed by atoms with Crippen LogP contribution in [0.15, 0.2) is 47.4 Å². The molecule has 3 rings (SSSR count). The van der Waals surface area contributed by atoms with Crippen LogP contribution in [0.25, 0.3) is 11.4 Å². The highest BCUT2D eigenvalue weighted by Gasteiger charge is 2.19. The molecule has 7 nitrogen and oxygen atoms in total. The molecule has 0 saturated heterocycles. The van der Waals surface area contributed by atoms with E-state index >= 15 is 0 Å². The van der Waals surface area contributed by atoms with Gasteiger partial charge in [-0.05, 0) is 35.5 Å². The maximum absolute atomic E-state index is 13.8. The van der Waals surface area contributed by atoms with E-state index in [2.05, 4.69) is 25.3 Å². The van der Waals surface area contributed by atoms with Crippen LogP contribution < -0.4 is 4.72 Å². The fourth-order valence-corrected chi connectivity index (χ4v) is 3.18. The van der Waals surface area contributed by atoms with Crippen molar-refractivity contribution in [2.24, 2.45) is 0 Å². The molecule has 1 aromatic heterocycles. The maximum atomic E-state index is 13.8. The molecule has 23 heavy (non-hydrogen) atoms. The number of rotatable bonds is 4. The Hall–Kier alpha value is -2.52. The molecular formula is C13H9ClFN5O2S. The number of anilines is 1. The predicted octanol–water partition coefficient (Wildman–Crippen LogP) is 2.46. The molecule has 0 aliphatic carbocycles. The van der Waals surface area contributed by atoms with Crippen LogP contribution in [0, 0.1) is 5.82 Å². The Morgan fingerprint density at radius 1 is 1.17 bits per heavy atom. The maximum Gasteiger partial charge on any atom is 0.264 e. The lowest BCUT2D eigenvalue weighted by Crippen LogP contribution is -2.14. The minimum absolute atomic E-state index is 0.112. The number of aromatic nitrogens is 4. The third-order valence-electron chi connectivity index (χ3n) is 2.90. The average molecular weight is 354 g/mol. The first kappa shape index (κ1) is 15.4. The smallest absolute Gasteiger partial charge is 0.264 e. The molecule has 2 aromatic carbocycles. The van der Waals surface area contributed by atoms with Crippen LogP contribution in [0.3, 0.4) is 0 Å². The van der Waals surface area contributed by atoms with E-state index in [4.69, 9.17) is 11.6 Å². The molecule has 0 saturated carbocycles. The second-order valence-electron chi connectivity index (χ2n) is 4.50. The van der Waals surface area contributed by atoms with Gasteiger partial charge in [0, 0.05) is 16.3 Å². The van der Waals surface area contributed by atoms with Crippen LogP contribution >= 0.6 is 11.6 Å². The molecule has 0 amide bonds. The van der Waals surface area contributed by atoms with Gasteiger partial charge in [-0.1, -0.05) is 23.7 Å². The Morgan fingerprint density at radius 3 is 2.70 bits per heavy atom. The Balaban J connectivity index is 1.93. The lowest BCUT2D eigenvalue weighted by Gasteiger charge is -2.09. The first-order valence-corrected chi connectivity index (χ1v) is 8.13. The molecule has 10 heteroatoms. The van der Waals surface area contributed by atoms with Gasteiger partial charge in [-0.15, -0.1) is 10.2 Å². The molecule has 0 radical (unpaired) electrons. The van der Waals surface area contributed by atoms with E-state index in [9.17, 15) is 12.8 Å². The van der Waals surface area contributed by atoms with Crippen molar-refractivity contribution in [3.8, 4) is 11.4 Å². The van der Waals surface area contributed by atoms with E-state index < -0.39 is 20.7 Å². The first-order valence-electron chi connectivity index (χ1n) is 6.27. The second-order valence-corrected chi connectivity index (χ2v) is 6.58. The quantitative estimate of drug-likeness (QED) is 0.750. The van der Waals surface area contributed by atoms with Crippen molar-refractivity contribution in [1.82, 2.24) is 20.6 Å². The topological polar surface area (TPSA) is 101 Å². The van der Waals surface area contributed by atoms with Gasteiger partial charge < -0.3 is 0 Å². The fraction of sp³-hybridized carbons (Fsp3) is 0. The number of aromatic amines is 1. The molecule has 3 aromatic rings. The largest absolute Gasteiger partial charge is 0.280 e. The predicted molar refractivity (Wildman–Crippen MR) is 81.8 cm³/mol. The van der Waals surface area contributed by atoms with Gasteiger partial charge in [0.1, 0.15) is 10.7 Å². The van der Waals surface area contributed by atoms with Crippen LogP contribution in [0.2, 0.25) is 5.02 Å². The number of hydrogen-bond donors (Lipinski definition) is 2. The zero-order valence-corrected chi connectivity index (χ0v) is 12.9. The molecule has 0 aliphatic rings. The number of nitrogens with one attached hydrogen (secondary N) is 2. The highest BCUT2D eigenvalue weighted by atomic mass is 35.5. The summed E-state index contributed by atoms with van der Waals surface area (Å²) < 4.78 is 40.7. The standard InChI is InChI=1S/C13H9ClFN5O2S/c14-9-4-5-12(11(15)7-9)23(21,22)18-10-3-1-2-8(6-10)13-16-19-20-17-13/h1-7,18H,(H,16,17,19,20). The SMILES string of the molecule is O=S(=O)(Nc1cccc(-c2nn[nH]n2)c1)c1ccc(Cl)cc1F. The Bertz CT molecular complexity index is 947. The Labute approximate surface area is 135 Å². The summed E-state index contributed by atoms with van der Waals surface area (Å²) >= 11 is 5.63. The molecular weight excluding hydrogens is 345 g/mol. The highest BCUT2D eigenvalue weighted by Crippen LogP contribution is 2.24. The van der Waals surface area contributed by atoms with E-state index in [1.54, 1.807) is 12.1 Å². The van der Waals surface area contributed by atoms with E-state index in [-0.39, 0.29) is 10.7 Å². The zero-order chi connectivity index (χ0) is 16.4. The molecule has 0 spiro atoms. The first-order chi connectivity index (χ1) is 11.0. The van der Waals surface area contributed by atoms with Crippen LogP contribution in [0.4, 0.5) is 10.1 Å². The average Bonchev–Trinajstić information content (AvgIpc) is 3.00. The van der Waals surface area contributed by atoms with E-state index in [1.165, 1.54) is 18.2 Å². The van der Waals surface area contributed by atoms with Gasteiger partial charge >= 0.3 is 0 Å². The minimum Gasteiger partial charge on any atom is -0.280 e. The van der Waals surface area contributed by atoms with Crippen molar-refractivity contribution >= 4 is 27.3 Å². The molecule has 0 bridgehead atoms. The monoisotopic (exact) mass is 353 g/mol. The lowest BCUT2D eigenvalue weighted by molar-refractivity contribution is 0.570. The third-order valence-corrected chi connectivity index (χ3v) is 4.55. The van der Waals surface area contributed by atoms with Crippen molar-refractivity contribution in [2.75, 3.05) is 4.72 Å². The molecule has 0 aliphatic heterocycles. The van der Waals surface area contributed by atoms with Crippen molar-refractivity contribution in [2.45, 2.75) is 4.90 Å². The normalized spacial score (nSPS) is 11.4. The number of halogens is 2. The van der Waals surface area contributed by atoms with Crippen molar-refractivity contribution in [1.29, 1.82) is 0 Å². The molecule has 2 N–H and O–H groups in total. The second kappa shape index (κ2) is 5.94. The fourth-order valence-electron chi connectivity index (χ4n) is 1.91. The summed E-state index contributed by atoms with van der Waals surface area (Å²) in [6.07, 6.45) is 0. The molecule has 0 unspecified atom stereocenters. The van der Waals surface area contributed by atoms with Gasteiger partial charge in [0.2, 0.25) is 5.82 Å². The summed E-state index contributed by atoms with van der Waals surface area (Å²) in [6.45, 7) is 0. The van der Waals surface area contributed by atoms with Gasteiger partial charge in [0.25, 0.3) is 10.0 Å². The Kier molecular flexibility index (Phi) is 3.97. The minimum atomic E-state index is -4.09. The summed E-state index contributed by atoms with van der Waals surface area (Å²) in [5, 5.41) is 13.5. The third kappa shape index (κ3) is 3.30. The lowest BCUT2D eigenvalue weighted by atomic mass is 10.2. The van der Waals surface area contributed by atoms with Crippen LogP contribution in [-0.2, 0) is 10.0 Å². The van der Waals surface area contributed by atoms with Crippen molar-refractivity contribution in [3.05, 3.63) is 53.3 Å². The number of nitrogens with zero attached hydrogens (tertiary/aromatic N) is 3. The molecule has 1 heterocycles. The molecule has 0 atom stereocenters. The van der Waals surface area contributed by atoms with Crippen molar-refractivity contribution in [3.63, 3.8) is 0 Å². The molecule has 118 valence electrons. The number of sulfonamides is 1. The number of H-pyrrole nitrogens is 1. The van der Waals surface area contributed by atoms with Gasteiger partial charge in [-0.2, -0.15) is 5.21 Å². The Morgan fingerprint density at radius 2 is 2.00 bits per heavy atom. The van der Waals surface area contributed by atoms with Gasteiger partial charge in [-0.25, -0.2) is 12.8 Å². The van der Waals surface area contributed by atoms with E-state index in [0.717, 1.165) is 12.1 Å². The van der Waals surface area contributed by atoms with E-state index in [0.29, 0.717) is 11.4 Å². The van der Waals surface area contributed by atoms with Gasteiger partial charge in [-0.3, -0.25) is 4.72 Å². The summed E-state index contributed by atoms with van der Waals surface area (Å²) in [5.41, 5.74) is 0.789. The van der Waals surface area contributed by atoms with Crippen LogP contribution in [0.1, 0.15) is 0 Å². The van der Waals surface area contributed by atoms with Crippen LogP contribution in [0.5, 0.6) is 0 Å². The van der Waals surface area contributed by atoms with Crippen molar-refractivity contribution < 1.29 is 12.8 Å².